The lowest BCUT2D eigenvalue weighted by atomic mass is 10.1. The second-order valence-electron chi connectivity index (χ2n) is 7.26. The van der Waals surface area contributed by atoms with E-state index in [-0.39, 0.29) is 17.8 Å². The number of aromatic nitrogens is 3. The highest BCUT2D eigenvalue weighted by atomic mass is 16.5. The number of hydrogen-bond acceptors (Lipinski definition) is 6. The number of nitrogens with one attached hydrogen (secondary N) is 1. The number of hydrogen-bond donors (Lipinski definition) is 1. The van der Waals surface area contributed by atoms with Crippen LogP contribution < -0.4 is 10.5 Å². The normalized spacial score (nSPS) is 23.7. The minimum Gasteiger partial charge on any atom is -0.372 e. The molecule has 2 atom stereocenters. The lowest BCUT2D eigenvalue weighted by Gasteiger charge is -2.36. The predicted octanol–water partition coefficient (Wildman–Crippen LogP) is 1.34. The molecule has 26 heavy (non-hydrogen) atoms. The molecule has 0 amide bonds. The van der Waals surface area contributed by atoms with Crippen molar-refractivity contribution in [2.24, 2.45) is 0 Å². The third-order valence-corrected chi connectivity index (χ3v) is 4.97. The molecule has 0 aromatic carbocycles. The van der Waals surface area contributed by atoms with Crippen LogP contribution >= 0.6 is 0 Å². The van der Waals surface area contributed by atoms with Crippen molar-refractivity contribution in [3.8, 4) is 0 Å². The number of pyridine rings is 1. The molecule has 1 saturated heterocycles. The summed E-state index contributed by atoms with van der Waals surface area (Å²) in [4.78, 5) is 29.2. The van der Waals surface area contributed by atoms with Crippen molar-refractivity contribution < 1.29 is 4.74 Å². The van der Waals surface area contributed by atoms with Crippen LogP contribution in [0.15, 0.2) is 29.2 Å². The van der Waals surface area contributed by atoms with E-state index in [0.29, 0.717) is 12.5 Å². The Morgan fingerprint density at radius 2 is 2.08 bits per heavy atom. The fourth-order valence-corrected chi connectivity index (χ4v) is 3.84. The van der Waals surface area contributed by atoms with Gasteiger partial charge in [0, 0.05) is 44.5 Å². The van der Waals surface area contributed by atoms with Crippen molar-refractivity contribution in [2.45, 2.75) is 45.6 Å². The molecule has 0 unspecified atom stereocenters. The van der Waals surface area contributed by atoms with Crippen LogP contribution in [0.1, 0.15) is 30.8 Å². The summed E-state index contributed by atoms with van der Waals surface area (Å²) in [5.74, 6) is 0.662. The Morgan fingerprint density at radius 3 is 2.81 bits per heavy atom. The predicted molar refractivity (Wildman–Crippen MR) is 99.1 cm³/mol. The number of fused-ring (bicyclic) bond motifs is 1. The Morgan fingerprint density at radius 1 is 1.27 bits per heavy atom. The number of H-pyrrole nitrogens is 1. The third kappa shape index (κ3) is 3.64. The summed E-state index contributed by atoms with van der Waals surface area (Å²) < 4.78 is 5.79. The van der Waals surface area contributed by atoms with Gasteiger partial charge in [0.05, 0.1) is 23.6 Å². The van der Waals surface area contributed by atoms with Gasteiger partial charge in [-0.05, 0) is 32.4 Å². The monoisotopic (exact) mass is 355 g/mol. The summed E-state index contributed by atoms with van der Waals surface area (Å²) >= 11 is 0. The highest BCUT2D eigenvalue weighted by Crippen LogP contribution is 2.20. The van der Waals surface area contributed by atoms with Gasteiger partial charge in [-0.3, -0.25) is 19.7 Å². The first-order valence-corrected chi connectivity index (χ1v) is 9.23. The molecule has 4 heterocycles. The van der Waals surface area contributed by atoms with E-state index in [1.54, 1.807) is 0 Å². The van der Waals surface area contributed by atoms with Gasteiger partial charge in [-0.1, -0.05) is 6.07 Å². The molecule has 7 nitrogen and oxygen atoms in total. The molecule has 2 aliphatic heterocycles. The Labute approximate surface area is 153 Å². The summed E-state index contributed by atoms with van der Waals surface area (Å²) in [6, 6.07) is 5.96. The van der Waals surface area contributed by atoms with Crippen LogP contribution in [0.2, 0.25) is 0 Å². The first kappa shape index (κ1) is 17.2. The summed E-state index contributed by atoms with van der Waals surface area (Å²) in [5, 5.41) is 0. The molecule has 0 spiro atoms. The molecule has 2 aromatic heterocycles. The topological polar surface area (TPSA) is 74.4 Å². The van der Waals surface area contributed by atoms with Crippen LogP contribution in [0.3, 0.4) is 0 Å². The molecule has 7 heteroatoms. The van der Waals surface area contributed by atoms with E-state index in [2.05, 4.69) is 19.8 Å². The number of morpholine rings is 1. The minimum absolute atomic E-state index is 0.00529. The number of aromatic amines is 1. The summed E-state index contributed by atoms with van der Waals surface area (Å²) in [5.41, 5.74) is 2.74. The lowest BCUT2D eigenvalue weighted by molar-refractivity contribution is -0.00576. The first-order chi connectivity index (χ1) is 12.6. The SMILES string of the molecule is C[C@@H]1CN(c2nc3c(c(=O)[nH]2)CCN(Cc2ccccn2)C3)C[C@@H](C)O1. The zero-order valence-corrected chi connectivity index (χ0v) is 15.3. The van der Waals surface area contributed by atoms with Crippen LogP contribution in [0, 0.1) is 0 Å². The van der Waals surface area contributed by atoms with Gasteiger partial charge in [-0.15, -0.1) is 0 Å². The zero-order chi connectivity index (χ0) is 18.1. The minimum atomic E-state index is -0.00529. The summed E-state index contributed by atoms with van der Waals surface area (Å²) in [6.45, 7) is 7.88. The Balaban J connectivity index is 1.55. The quantitative estimate of drug-likeness (QED) is 0.896. The molecular weight excluding hydrogens is 330 g/mol. The Bertz CT molecular complexity index is 812. The first-order valence-electron chi connectivity index (χ1n) is 9.23. The van der Waals surface area contributed by atoms with Gasteiger partial charge in [0.15, 0.2) is 0 Å². The van der Waals surface area contributed by atoms with Crippen molar-refractivity contribution in [3.05, 3.63) is 51.7 Å². The molecule has 138 valence electrons. The molecule has 2 aromatic rings. The standard InChI is InChI=1S/C19H25N5O2/c1-13-9-24(10-14(2)26-13)19-21-17-12-23(8-6-16(17)18(25)22-19)11-15-5-3-4-7-20-15/h3-5,7,13-14H,6,8-12H2,1-2H3,(H,21,22,25)/t13-,14-/m1/s1. The highest BCUT2D eigenvalue weighted by molar-refractivity contribution is 5.35. The second-order valence-corrected chi connectivity index (χ2v) is 7.26. The molecule has 0 radical (unpaired) electrons. The van der Waals surface area contributed by atoms with Crippen molar-refractivity contribution in [1.82, 2.24) is 19.9 Å². The van der Waals surface area contributed by atoms with Crippen molar-refractivity contribution in [1.29, 1.82) is 0 Å². The van der Waals surface area contributed by atoms with Crippen LogP contribution in [0.4, 0.5) is 5.95 Å². The van der Waals surface area contributed by atoms with E-state index in [4.69, 9.17) is 9.72 Å². The van der Waals surface area contributed by atoms with E-state index < -0.39 is 0 Å². The molecule has 1 N–H and O–H groups in total. The van der Waals surface area contributed by atoms with E-state index in [9.17, 15) is 4.79 Å². The molecule has 0 bridgehead atoms. The molecule has 0 aliphatic carbocycles. The highest BCUT2D eigenvalue weighted by Gasteiger charge is 2.27. The summed E-state index contributed by atoms with van der Waals surface area (Å²) in [7, 11) is 0. The average molecular weight is 355 g/mol. The number of ether oxygens (including phenoxy) is 1. The smallest absolute Gasteiger partial charge is 0.255 e. The van der Waals surface area contributed by atoms with Crippen molar-refractivity contribution in [2.75, 3.05) is 24.5 Å². The third-order valence-electron chi connectivity index (χ3n) is 4.97. The molecule has 2 aliphatic rings. The van der Waals surface area contributed by atoms with E-state index >= 15 is 0 Å². The van der Waals surface area contributed by atoms with Crippen LogP contribution in [-0.4, -0.2) is 51.7 Å². The zero-order valence-electron chi connectivity index (χ0n) is 15.3. The van der Waals surface area contributed by atoms with E-state index in [0.717, 1.165) is 49.6 Å². The molecule has 4 rings (SSSR count). The fourth-order valence-electron chi connectivity index (χ4n) is 3.84. The fraction of sp³-hybridized carbons (Fsp3) is 0.526. The van der Waals surface area contributed by atoms with Crippen LogP contribution in [0.25, 0.3) is 0 Å². The van der Waals surface area contributed by atoms with Crippen molar-refractivity contribution in [3.63, 3.8) is 0 Å². The molecular formula is C19H25N5O2. The Hall–Kier alpha value is -2.25. The average Bonchev–Trinajstić information content (AvgIpc) is 2.61. The second kappa shape index (κ2) is 7.17. The van der Waals surface area contributed by atoms with Gasteiger partial charge in [0.2, 0.25) is 5.95 Å². The Kier molecular flexibility index (Phi) is 4.74. The molecule has 0 saturated carbocycles. The largest absolute Gasteiger partial charge is 0.372 e. The maximum absolute atomic E-state index is 12.6. The van der Waals surface area contributed by atoms with Gasteiger partial charge < -0.3 is 9.64 Å². The van der Waals surface area contributed by atoms with E-state index in [1.165, 1.54) is 0 Å². The lowest BCUT2D eigenvalue weighted by Crippen LogP contribution is -2.47. The number of rotatable bonds is 3. The number of nitrogens with zero attached hydrogens (tertiary/aromatic N) is 4. The van der Waals surface area contributed by atoms with E-state index in [1.807, 2.05) is 38.2 Å². The van der Waals surface area contributed by atoms with Crippen LogP contribution in [0.5, 0.6) is 0 Å². The van der Waals surface area contributed by atoms with Gasteiger partial charge in [0.25, 0.3) is 5.56 Å². The van der Waals surface area contributed by atoms with Gasteiger partial charge in [0.1, 0.15) is 0 Å². The maximum Gasteiger partial charge on any atom is 0.255 e. The summed E-state index contributed by atoms with van der Waals surface area (Å²) in [6.07, 6.45) is 2.79. The number of anilines is 1. The van der Waals surface area contributed by atoms with Gasteiger partial charge in [-0.2, -0.15) is 0 Å². The van der Waals surface area contributed by atoms with Gasteiger partial charge >= 0.3 is 0 Å². The van der Waals surface area contributed by atoms with Crippen molar-refractivity contribution >= 4 is 5.95 Å². The van der Waals surface area contributed by atoms with Gasteiger partial charge in [-0.25, -0.2) is 4.98 Å². The maximum atomic E-state index is 12.6. The molecule has 1 fully saturated rings. The van der Waals surface area contributed by atoms with Crippen LogP contribution in [-0.2, 0) is 24.2 Å².